The average Bonchev–Trinajstić information content (AvgIpc) is 2.48. The largest absolute Gasteiger partial charge is 0.0894 e. The average molecular weight is 191 g/mol. The van der Waals surface area contributed by atoms with Crippen LogP contribution in [0, 0.1) is 0 Å². The molecule has 0 unspecified atom stereocenters. The van der Waals surface area contributed by atoms with Gasteiger partial charge in [-0.25, -0.2) is 0 Å². The molecule has 0 spiro atoms. The van der Waals surface area contributed by atoms with Crippen LogP contribution in [-0.4, -0.2) is 0 Å². The van der Waals surface area contributed by atoms with Crippen molar-refractivity contribution in [2.75, 3.05) is 0 Å². The fourth-order valence-electron chi connectivity index (χ4n) is 1.73. The van der Waals surface area contributed by atoms with Gasteiger partial charge in [0, 0.05) is 11.5 Å². The Morgan fingerprint density at radius 1 is 1.38 bits per heavy atom. The highest BCUT2D eigenvalue weighted by Crippen LogP contribution is 2.31. The van der Waals surface area contributed by atoms with Gasteiger partial charge in [-0.1, -0.05) is 48.5 Å². The molecular formula is C12H11Cl. The summed E-state index contributed by atoms with van der Waals surface area (Å²) in [6, 6.07) is 8.45. The van der Waals surface area contributed by atoms with Gasteiger partial charge in [0.1, 0.15) is 0 Å². The molecule has 0 amide bonds. The first-order valence-corrected chi connectivity index (χ1v) is 4.76. The van der Waals surface area contributed by atoms with E-state index in [9.17, 15) is 0 Å². The van der Waals surface area contributed by atoms with Gasteiger partial charge in [0.2, 0.25) is 0 Å². The number of benzene rings is 1. The normalized spacial score (nSPS) is 13.8. The molecule has 0 heterocycles. The van der Waals surface area contributed by atoms with Gasteiger partial charge in [-0.2, -0.15) is 0 Å². The Morgan fingerprint density at radius 3 is 2.92 bits per heavy atom. The maximum Gasteiger partial charge on any atom is 0.0153 e. The molecule has 1 aliphatic carbocycles. The van der Waals surface area contributed by atoms with Crippen LogP contribution >= 0.6 is 11.6 Å². The molecule has 13 heavy (non-hydrogen) atoms. The minimum absolute atomic E-state index is 0.711. The topological polar surface area (TPSA) is 0 Å². The third-order valence-electron chi connectivity index (χ3n) is 2.31. The summed E-state index contributed by atoms with van der Waals surface area (Å²) in [6.07, 6.45) is 4.06. The van der Waals surface area contributed by atoms with E-state index in [1.807, 2.05) is 0 Å². The van der Waals surface area contributed by atoms with Crippen molar-refractivity contribution in [3.8, 4) is 0 Å². The standard InChI is InChI=1S/C12H11Cl/c1-9(13)8-11-7-6-10-4-2-3-5-12(10)11/h2-5,7H,1,6,8H2. The summed E-state index contributed by atoms with van der Waals surface area (Å²) in [5.74, 6) is 0. The summed E-state index contributed by atoms with van der Waals surface area (Å²) in [4.78, 5) is 0. The fourth-order valence-corrected chi connectivity index (χ4v) is 1.87. The van der Waals surface area contributed by atoms with E-state index in [0.29, 0.717) is 5.03 Å². The molecule has 66 valence electrons. The molecule has 0 saturated carbocycles. The van der Waals surface area contributed by atoms with Crippen LogP contribution in [0.15, 0.2) is 42.0 Å². The summed E-state index contributed by atoms with van der Waals surface area (Å²) in [5, 5.41) is 0.711. The molecule has 0 aromatic heterocycles. The molecule has 0 fully saturated rings. The van der Waals surface area contributed by atoms with Crippen LogP contribution in [0.1, 0.15) is 17.5 Å². The van der Waals surface area contributed by atoms with E-state index >= 15 is 0 Å². The Kier molecular flexibility index (Phi) is 2.24. The molecule has 0 nitrogen and oxygen atoms in total. The van der Waals surface area contributed by atoms with Gasteiger partial charge in [0.15, 0.2) is 0 Å². The van der Waals surface area contributed by atoms with Crippen molar-refractivity contribution < 1.29 is 0 Å². The van der Waals surface area contributed by atoms with Crippen molar-refractivity contribution in [1.29, 1.82) is 0 Å². The Labute approximate surface area is 83.5 Å². The van der Waals surface area contributed by atoms with Crippen molar-refractivity contribution in [2.24, 2.45) is 0 Å². The number of hydrogen-bond donors (Lipinski definition) is 0. The first kappa shape index (κ1) is 8.58. The highest BCUT2D eigenvalue weighted by atomic mass is 35.5. The van der Waals surface area contributed by atoms with Crippen LogP contribution < -0.4 is 0 Å². The highest BCUT2D eigenvalue weighted by molar-refractivity contribution is 6.29. The minimum atomic E-state index is 0.711. The number of fused-ring (bicyclic) bond motifs is 1. The van der Waals surface area contributed by atoms with Gasteiger partial charge in [0.05, 0.1) is 0 Å². The Balaban J connectivity index is 2.31. The number of rotatable bonds is 2. The predicted molar refractivity (Wildman–Crippen MR) is 57.7 cm³/mol. The first-order valence-electron chi connectivity index (χ1n) is 4.38. The van der Waals surface area contributed by atoms with E-state index < -0.39 is 0 Å². The van der Waals surface area contributed by atoms with Crippen LogP contribution in [0.5, 0.6) is 0 Å². The third-order valence-corrected chi connectivity index (χ3v) is 2.45. The monoisotopic (exact) mass is 190 g/mol. The lowest BCUT2D eigenvalue weighted by Crippen LogP contribution is -1.83. The lowest BCUT2D eigenvalue weighted by atomic mass is 10.0. The van der Waals surface area contributed by atoms with Crippen molar-refractivity contribution >= 4 is 17.2 Å². The van der Waals surface area contributed by atoms with Crippen LogP contribution in [-0.2, 0) is 6.42 Å². The molecule has 1 aliphatic rings. The van der Waals surface area contributed by atoms with Gasteiger partial charge in [-0.05, 0) is 23.1 Å². The highest BCUT2D eigenvalue weighted by Gasteiger charge is 2.12. The second kappa shape index (κ2) is 3.39. The molecule has 0 bridgehead atoms. The summed E-state index contributed by atoms with van der Waals surface area (Å²) in [7, 11) is 0. The fraction of sp³-hybridized carbons (Fsp3) is 0.167. The lowest BCUT2D eigenvalue weighted by Gasteiger charge is -2.03. The van der Waals surface area contributed by atoms with Gasteiger partial charge in [-0.15, -0.1) is 0 Å². The number of allylic oxidation sites excluding steroid dienone is 3. The molecule has 1 aromatic carbocycles. The van der Waals surface area contributed by atoms with Gasteiger partial charge < -0.3 is 0 Å². The van der Waals surface area contributed by atoms with Crippen molar-refractivity contribution in [3.05, 3.63) is 53.1 Å². The molecule has 0 radical (unpaired) electrons. The molecule has 0 N–H and O–H groups in total. The molecule has 1 aromatic rings. The van der Waals surface area contributed by atoms with Gasteiger partial charge >= 0.3 is 0 Å². The van der Waals surface area contributed by atoms with E-state index in [0.717, 1.165) is 12.8 Å². The number of halogens is 1. The van der Waals surface area contributed by atoms with Crippen LogP contribution in [0.25, 0.3) is 5.57 Å². The summed E-state index contributed by atoms with van der Waals surface area (Å²) in [6.45, 7) is 3.72. The maximum absolute atomic E-state index is 5.79. The summed E-state index contributed by atoms with van der Waals surface area (Å²) in [5.41, 5.74) is 4.05. The van der Waals surface area contributed by atoms with Crippen molar-refractivity contribution in [3.63, 3.8) is 0 Å². The molecule has 0 aliphatic heterocycles. The zero-order chi connectivity index (χ0) is 9.26. The molecule has 0 saturated heterocycles. The first-order chi connectivity index (χ1) is 6.27. The van der Waals surface area contributed by atoms with Gasteiger partial charge in [-0.3, -0.25) is 0 Å². The molecule has 0 atom stereocenters. The summed E-state index contributed by atoms with van der Waals surface area (Å²) >= 11 is 5.79. The third kappa shape index (κ3) is 1.68. The van der Waals surface area contributed by atoms with E-state index in [1.165, 1.54) is 16.7 Å². The van der Waals surface area contributed by atoms with E-state index in [-0.39, 0.29) is 0 Å². The van der Waals surface area contributed by atoms with E-state index in [2.05, 4.69) is 36.9 Å². The van der Waals surface area contributed by atoms with E-state index in [4.69, 9.17) is 11.6 Å². The minimum Gasteiger partial charge on any atom is -0.0894 e. The van der Waals surface area contributed by atoms with Crippen LogP contribution in [0.4, 0.5) is 0 Å². The Hall–Kier alpha value is -1.01. The SMILES string of the molecule is C=C(Cl)CC1=CCc2ccccc21. The molecule has 2 rings (SSSR count). The van der Waals surface area contributed by atoms with Crippen LogP contribution in [0.2, 0.25) is 0 Å². The molecule has 1 heteroatoms. The van der Waals surface area contributed by atoms with Crippen molar-refractivity contribution in [2.45, 2.75) is 12.8 Å². The Bertz CT molecular complexity index is 374. The van der Waals surface area contributed by atoms with Crippen LogP contribution in [0.3, 0.4) is 0 Å². The predicted octanol–water partition coefficient (Wildman–Crippen LogP) is 3.77. The molecular weight excluding hydrogens is 180 g/mol. The zero-order valence-electron chi connectivity index (χ0n) is 7.39. The van der Waals surface area contributed by atoms with Gasteiger partial charge in [0.25, 0.3) is 0 Å². The second-order valence-corrected chi connectivity index (χ2v) is 3.82. The quantitative estimate of drug-likeness (QED) is 0.666. The summed E-state index contributed by atoms with van der Waals surface area (Å²) < 4.78 is 0. The number of hydrogen-bond acceptors (Lipinski definition) is 0. The zero-order valence-corrected chi connectivity index (χ0v) is 8.14. The van der Waals surface area contributed by atoms with E-state index in [1.54, 1.807) is 0 Å². The van der Waals surface area contributed by atoms with Crippen molar-refractivity contribution in [1.82, 2.24) is 0 Å². The maximum atomic E-state index is 5.79. The second-order valence-electron chi connectivity index (χ2n) is 3.28. The smallest absolute Gasteiger partial charge is 0.0153 e. The Morgan fingerprint density at radius 2 is 2.15 bits per heavy atom. The lowest BCUT2D eigenvalue weighted by molar-refractivity contribution is 1.31.